The van der Waals surface area contributed by atoms with E-state index in [0.717, 1.165) is 32.0 Å². The number of hydrogen-bond donors (Lipinski definition) is 4. The van der Waals surface area contributed by atoms with Gasteiger partial charge in [0.05, 0.1) is 5.52 Å². The number of aliphatic hydroxyl groups is 3. The smallest absolute Gasteiger partial charge is 0.226 e. The number of amidine groups is 1. The summed E-state index contributed by atoms with van der Waals surface area (Å²) in [5.74, 6) is -0.417. The van der Waals surface area contributed by atoms with E-state index in [-0.39, 0.29) is 28.7 Å². The Hall–Kier alpha value is -3.44. The number of aromatic amines is 1. The van der Waals surface area contributed by atoms with Crippen LogP contribution in [0.4, 0.5) is 5.82 Å². The van der Waals surface area contributed by atoms with Crippen molar-refractivity contribution in [2.75, 3.05) is 51.8 Å². The van der Waals surface area contributed by atoms with Gasteiger partial charge >= 0.3 is 0 Å². The zero-order chi connectivity index (χ0) is 21.9. The number of allylic oxidation sites excluding steroid dienone is 1. The summed E-state index contributed by atoms with van der Waals surface area (Å²) >= 11 is 0. The second-order valence-electron chi connectivity index (χ2n) is 7.94. The molecule has 162 valence electrons. The molecule has 0 aromatic carbocycles. The second kappa shape index (κ2) is 7.06. The number of anilines is 1. The molecule has 0 spiro atoms. The van der Waals surface area contributed by atoms with E-state index in [2.05, 4.69) is 36.8 Å². The Morgan fingerprint density at radius 3 is 2.55 bits per heavy atom. The minimum Gasteiger partial charge on any atom is -0.505 e. The number of H-pyrrole nitrogens is 1. The fourth-order valence-electron chi connectivity index (χ4n) is 4.17. The number of carbonyl (C=O) groups excluding carboxylic acids is 1. The van der Waals surface area contributed by atoms with Gasteiger partial charge < -0.3 is 35.0 Å². The number of ketones is 1. The lowest BCUT2D eigenvalue weighted by Gasteiger charge is -2.33. The van der Waals surface area contributed by atoms with Gasteiger partial charge in [0, 0.05) is 33.2 Å². The van der Waals surface area contributed by atoms with Gasteiger partial charge in [-0.05, 0) is 19.2 Å². The van der Waals surface area contributed by atoms with Crippen molar-refractivity contribution in [1.29, 1.82) is 0 Å². The molecule has 1 fully saturated rings. The van der Waals surface area contributed by atoms with E-state index < -0.39 is 24.2 Å². The number of hydrogen-bond acceptors (Lipinski definition) is 10. The van der Waals surface area contributed by atoms with E-state index >= 15 is 0 Å². The fraction of sp³-hybridized carbons (Fsp3) is 0.400. The van der Waals surface area contributed by atoms with E-state index in [1.54, 1.807) is 7.05 Å². The molecule has 31 heavy (non-hydrogen) atoms. The van der Waals surface area contributed by atoms with E-state index in [9.17, 15) is 20.1 Å². The molecule has 11 nitrogen and oxygen atoms in total. The van der Waals surface area contributed by atoms with Crippen LogP contribution in [0.25, 0.3) is 16.7 Å². The van der Waals surface area contributed by atoms with Crippen LogP contribution in [0, 0.1) is 0 Å². The predicted octanol–water partition coefficient (Wildman–Crippen LogP) is 0.0359. The largest absolute Gasteiger partial charge is 0.505 e. The molecule has 0 amide bonds. The standard InChI is InChI=1S/C20H23N7O4/c1-25-5-7-27(8-6-25)11-4-3-10-19(23-11)24-20(21-10)13-16(29)14-15(18(31)17(13)30)26(2)12(9-28)22-14/h3-4,15,28-30H,5-9H2,1-2H3,(H,21,23,24)/t15-/m0/s1. The fourth-order valence-corrected chi connectivity index (χ4v) is 4.17. The van der Waals surface area contributed by atoms with Gasteiger partial charge in [-0.2, -0.15) is 0 Å². The number of aromatic nitrogens is 3. The number of imidazole rings is 1. The molecule has 0 bridgehead atoms. The van der Waals surface area contributed by atoms with Crippen molar-refractivity contribution in [2.45, 2.75) is 6.04 Å². The molecule has 5 rings (SSSR count). The second-order valence-corrected chi connectivity index (χ2v) is 7.94. The number of carbonyl (C=O) groups is 1. The van der Waals surface area contributed by atoms with Crippen molar-refractivity contribution in [3.63, 3.8) is 0 Å². The summed E-state index contributed by atoms with van der Waals surface area (Å²) in [5, 5.41) is 30.9. The van der Waals surface area contributed by atoms with Crippen LogP contribution in [-0.4, -0.2) is 105 Å². The molecular formula is C20H23N7O4. The Bertz CT molecular complexity index is 1170. The van der Waals surface area contributed by atoms with Gasteiger partial charge in [-0.15, -0.1) is 0 Å². The van der Waals surface area contributed by atoms with Crippen molar-refractivity contribution < 1.29 is 20.1 Å². The molecule has 0 saturated carbocycles. The number of aliphatic hydroxyl groups excluding tert-OH is 3. The molecule has 4 heterocycles. The molecule has 1 saturated heterocycles. The number of likely N-dealkylation sites (N-methyl/N-ethyl adjacent to an activating group) is 2. The predicted molar refractivity (Wildman–Crippen MR) is 114 cm³/mol. The summed E-state index contributed by atoms with van der Waals surface area (Å²) in [6, 6.07) is 2.76. The number of piperazine rings is 1. The highest BCUT2D eigenvalue weighted by molar-refractivity contribution is 6.13. The Kier molecular flexibility index (Phi) is 4.45. The quantitative estimate of drug-likeness (QED) is 0.536. The highest BCUT2D eigenvalue weighted by atomic mass is 16.3. The molecule has 2 aliphatic heterocycles. The maximum Gasteiger partial charge on any atom is 0.226 e. The van der Waals surface area contributed by atoms with Crippen LogP contribution in [0.2, 0.25) is 0 Å². The van der Waals surface area contributed by atoms with Crippen LogP contribution in [0.3, 0.4) is 0 Å². The first-order valence-electron chi connectivity index (χ1n) is 10.0. The first-order valence-corrected chi connectivity index (χ1v) is 10.0. The summed E-state index contributed by atoms with van der Waals surface area (Å²) in [6.07, 6.45) is 0. The van der Waals surface area contributed by atoms with Crippen LogP contribution in [0.1, 0.15) is 5.82 Å². The number of rotatable bonds is 3. The molecule has 2 aromatic rings. The number of aliphatic imine (C=N–C) groups is 1. The van der Waals surface area contributed by atoms with E-state index in [1.807, 2.05) is 12.1 Å². The lowest BCUT2D eigenvalue weighted by atomic mass is 9.94. The molecule has 4 N–H and O–H groups in total. The zero-order valence-corrected chi connectivity index (χ0v) is 17.2. The molecule has 0 radical (unpaired) electrons. The minimum absolute atomic E-state index is 0.0795. The molecule has 2 aromatic heterocycles. The minimum atomic E-state index is -0.975. The van der Waals surface area contributed by atoms with Gasteiger partial charge in [-0.25, -0.2) is 15.0 Å². The lowest BCUT2D eigenvalue weighted by molar-refractivity contribution is -0.120. The van der Waals surface area contributed by atoms with Gasteiger partial charge in [0.2, 0.25) is 5.78 Å². The van der Waals surface area contributed by atoms with Crippen molar-refractivity contribution in [3.05, 3.63) is 35.2 Å². The summed E-state index contributed by atoms with van der Waals surface area (Å²) < 4.78 is 0. The van der Waals surface area contributed by atoms with Crippen LogP contribution in [-0.2, 0) is 4.79 Å². The highest BCUT2D eigenvalue weighted by Crippen LogP contribution is 2.37. The Morgan fingerprint density at radius 2 is 1.84 bits per heavy atom. The Labute approximate surface area is 177 Å². The molecule has 1 aliphatic carbocycles. The van der Waals surface area contributed by atoms with E-state index in [0.29, 0.717) is 11.2 Å². The molecule has 3 aliphatic rings. The summed E-state index contributed by atoms with van der Waals surface area (Å²) in [6.45, 7) is 3.22. The molecule has 11 heteroatoms. The Morgan fingerprint density at radius 1 is 1.10 bits per heavy atom. The molecule has 1 atom stereocenters. The van der Waals surface area contributed by atoms with Gasteiger partial charge in [-0.1, -0.05) is 0 Å². The summed E-state index contributed by atoms with van der Waals surface area (Å²) in [7, 11) is 3.65. The first kappa shape index (κ1) is 19.5. The van der Waals surface area contributed by atoms with Gasteiger partial charge in [0.15, 0.2) is 17.2 Å². The van der Waals surface area contributed by atoms with Crippen LogP contribution in [0.15, 0.2) is 34.3 Å². The summed E-state index contributed by atoms with van der Waals surface area (Å²) in [4.78, 5) is 34.9. The number of fused-ring (bicyclic) bond motifs is 2. The van der Waals surface area contributed by atoms with Crippen molar-refractivity contribution in [2.24, 2.45) is 4.99 Å². The van der Waals surface area contributed by atoms with E-state index in [4.69, 9.17) is 0 Å². The zero-order valence-electron chi connectivity index (χ0n) is 17.2. The maximum absolute atomic E-state index is 12.8. The molecular weight excluding hydrogens is 402 g/mol. The lowest BCUT2D eigenvalue weighted by Crippen LogP contribution is -2.44. The number of nitrogens with one attached hydrogen (secondary N) is 1. The SMILES string of the molecule is CN1CCN(c2ccc3[nH]c(C4=C(O)C(=O)[C@@H]5C(=C4O)N=C(CO)N5C)nc3n2)CC1. The normalized spacial score (nSPS) is 22.6. The van der Waals surface area contributed by atoms with Gasteiger partial charge in [-0.3, -0.25) is 4.79 Å². The third-order valence-corrected chi connectivity index (χ3v) is 6.04. The van der Waals surface area contributed by atoms with Crippen molar-refractivity contribution in [3.8, 4) is 0 Å². The average molecular weight is 425 g/mol. The summed E-state index contributed by atoms with van der Waals surface area (Å²) in [5.41, 5.74) is 0.994. The van der Waals surface area contributed by atoms with Crippen LogP contribution in [0.5, 0.6) is 0 Å². The van der Waals surface area contributed by atoms with Crippen LogP contribution < -0.4 is 4.90 Å². The number of Topliss-reactive ketones (excluding diaryl/α,β-unsaturated/α-hetero) is 1. The molecule has 0 unspecified atom stereocenters. The van der Waals surface area contributed by atoms with Crippen molar-refractivity contribution >= 4 is 34.2 Å². The van der Waals surface area contributed by atoms with E-state index in [1.165, 1.54) is 4.90 Å². The topological polar surface area (TPSA) is 141 Å². The third-order valence-electron chi connectivity index (χ3n) is 6.04. The first-order chi connectivity index (χ1) is 14.9. The number of pyridine rings is 1. The van der Waals surface area contributed by atoms with Crippen molar-refractivity contribution in [1.82, 2.24) is 24.8 Å². The third kappa shape index (κ3) is 2.96. The number of nitrogens with zero attached hydrogens (tertiary/aromatic N) is 6. The van der Waals surface area contributed by atoms with Gasteiger partial charge in [0.25, 0.3) is 0 Å². The van der Waals surface area contributed by atoms with Crippen LogP contribution >= 0.6 is 0 Å². The monoisotopic (exact) mass is 425 g/mol. The maximum atomic E-state index is 12.8. The van der Waals surface area contributed by atoms with Gasteiger partial charge in [0.1, 0.15) is 41.4 Å². The average Bonchev–Trinajstić information content (AvgIpc) is 3.33. The highest BCUT2D eigenvalue weighted by Gasteiger charge is 2.44. The Balaban J connectivity index is 1.54.